The van der Waals surface area contributed by atoms with Gasteiger partial charge >= 0.3 is 0 Å². The summed E-state index contributed by atoms with van der Waals surface area (Å²) in [6.45, 7) is 0.810. The Kier molecular flexibility index (Phi) is 5.73. The number of nitrogens with one attached hydrogen (secondary N) is 1. The second kappa shape index (κ2) is 7.77. The highest BCUT2D eigenvalue weighted by molar-refractivity contribution is 5.96. The Morgan fingerprint density at radius 1 is 1.48 bits per heavy atom. The highest BCUT2D eigenvalue weighted by atomic mass is 19.1. The molecule has 1 amide bonds. The van der Waals surface area contributed by atoms with Crippen LogP contribution in [0.5, 0.6) is 0 Å². The van der Waals surface area contributed by atoms with Gasteiger partial charge in [-0.15, -0.1) is 0 Å². The van der Waals surface area contributed by atoms with Gasteiger partial charge in [0.15, 0.2) is 0 Å². The van der Waals surface area contributed by atoms with Gasteiger partial charge in [-0.1, -0.05) is 11.8 Å². The van der Waals surface area contributed by atoms with Crippen LogP contribution in [0.15, 0.2) is 18.2 Å². The molecule has 1 aliphatic rings. The maximum absolute atomic E-state index is 13.3. The van der Waals surface area contributed by atoms with Crippen molar-refractivity contribution >= 4 is 5.91 Å². The standard InChI is InChI=1S/C16H18FNO3/c17-13-7-6-12(4-3-8-19)15(10-13)16(20)18-11-14-5-1-2-9-21-14/h6-7,10,14,19H,1-2,5,8-9,11H2,(H,18,20). The monoisotopic (exact) mass is 291 g/mol. The van der Waals surface area contributed by atoms with Gasteiger partial charge in [-0.3, -0.25) is 4.79 Å². The quantitative estimate of drug-likeness (QED) is 0.829. The van der Waals surface area contributed by atoms with E-state index in [1.807, 2.05) is 0 Å². The summed E-state index contributed by atoms with van der Waals surface area (Å²) in [6, 6.07) is 3.82. The van der Waals surface area contributed by atoms with Gasteiger partial charge in [-0.2, -0.15) is 0 Å². The van der Waals surface area contributed by atoms with E-state index in [0.29, 0.717) is 18.7 Å². The molecule has 2 rings (SSSR count). The topological polar surface area (TPSA) is 58.6 Å². The lowest BCUT2D eigenvalue weighted by molar-refractivity contribution is 0.0169. The van der Waals surface area contributed by atoms with Gasteiger partial charge in [0.05, 0.1) is 11.7 Å². The molecule has 0 saturated carbocycles. The highest BCUT2D eigenvalue weighted by Crippen LogP contribution is 2.13. The molecule has 1 aromatic carbocycles. The van der Waals surface area contributed by atoms with Crippen LogP contribution >= 0.6 is 0 Å². The maximum Gasteiger partial charge on any atom is 0.252 e. The first-order valence-electron chi connectivity index (χ1n) is 7.00. The molecule has 1 fully saturated rings. The maximum atomic E-state index is 13.3. The highest BCUT2D eigenvalue weighted by Gasteiger charge is 2.17. The van der Waals surface area contributed by atoms with E-state index >= 15 is 0 Å². The van der Waals surface area contributed by atoms with Crippen molar-refractivity contribution in [3.05, 3.63) is 35.1 Å². The molecule has 5 heteroatoms. The molecule has 21 heavy (non-hydrogen) atoms. The zero-order valence-corrected chi connectivity index (χ0v) is 11.7. The molecule has 0 spiro atoms. The van der Waals surface area contributed by atoms with Crippen LogP contribution in [0.3, 0.4) is 0 Å². The van der Waals surface area contributed by atoms with Crippen molar-refractivity contribution in [2.24, 2.45) is 0 Å². The number of hydrogen-bond acceptors (Lipinski definition) is 3. The average molecular weight is 291 g/mol. The zero-order chi connectivity index (χ0) is 15.1. The minimum absolute atomic E-state index is 0.0169. The van der Waals surface area contributed by atoms with E-state index in [1.165, 1.54) is 12.1 Å². The van der Waals surface area contributed by atoms with Crippen molar-refractivity contribution in [1.82, 2.24) is 5.32 Å². The molecular formula is C16H18FNO3. The smallest absolute Gasteiger partial charge is 0.252 e. The molecule has 112 valence electrons. The third-order valence-corrected chi connectivity index (χ3v) is 3.29. The van der Waals surface area contributed by atoms with E-state index in [2.05, 4.69) is 17.2 Å². The number of aliphatic hydroxyl groups is 1. The number of hydrogen-bond donors (Lipinski definition) is 2. The van der Waals surface area contributed by atoms with Crippen molar-refractivity contribution in [2.75, 3.05) is 19.8 Å². The molecular weight excluding hydrogens is 273 g/mol. The van der Waals surface area contributed by atoms with Crippen molar-refractivity contribution in [3.8, 4) is 11.8 Å². The molecule has 4 nitrogen and oxygen atoms in total. The van der Waals surface area contributed by atoms with Gasteiger partial charge in [0.1, 0.15) is 12.4 Å². The summed E-state index contributed by atoms with van der Waals surface area (Å²) in [4.78, 5) is 12.2. The van der Waals surface area contributed by atoms with Gasteiger partial charge in [-0.05, 0) is 37.5 Å². The van der Waals surface area contributed by atoms with Gasteiger partial charge in [-0.25, -0.2) is 4.39 Å². The second-order valence-corrected chi connectivity index (χ2v) is 4.85. The normalized spacial score (nSPS) is 17.7. The lowest BCUT2D eigenvalue weighted by Crippen LogP contribution is -2.35. The summed E-state index contributed by atoms with van der Waals surface area (Å²) in [6.07, 6.45) is 3.08. The first-order valence-corrected chi connectivity index (χ1v) is 7.00. The summed E-state index contributed by atoms with van der Waals surface area (Å²) in [5.41, 5.74) is 0.569. The fourth-order valence-electron chi connectivity index (χ4n) is 2.22. The van der Waals surface area contributed by atoms with Crippen LogP contribution in [0.2, 0.25) is 0 Å². The predicted octanol–water partition coefficient (Wildman–Crippen LogP) is 1.47. The van der Waals surface area contributed by atoms with Crippen LogP contribution in [-0.2, 0) is 4.74 Å². The summed E-state index contributed by atoms with van der Waals surface area (Å²) in [5.74, 6) is 4.23. The number of aliphatic hydroxyl groups excluding tert-OH is 1. The van der Waals surface area contributed by atoms with E-state index in [9.17, 15) is 9.18 Å². The van der Waals surface area contributed by atoms with E-state index in [-0.39, 0.29) is 24.2 Å². The molecule has 1 unspecified atom stereocenters. The van der Waals surface area contributed by atoms with Crippen molar-refractivity contribution < 1.29 is 19.0 Å². The van der Waals surface area contributed by atoms with E-state index < -0.39 is 5.82 Å². The molecule has 1 atom stereocenters. The molecule has 1 saturated heterocycles. The Balaban J connectivity index is 2.04. The Bertz CT molecular complexity index is 556. The Hall–Kier alpha value is -1.90. The number of benzene rings is 1. The second-order valence-electron chi connectivity index (χ2n) is 4.85. The lowest BCUT2D eigenvalue weighted by Gasteiger charge is -2.22. The first-order chi connectivity index (χ1) is 10.2. The Labute approximate surface area is 123 Å². The summed E-state index contributed by atoms with van der Waals surface area (Å²) < 4.78 is 18.9. The van der Waals surface area contributed by atoms with Crippen molar-refractivity contribution in [2.45, 2.75) is 25.4 Å². The molecule has 0 aromatic heterocycles. The van der Waals surface area contributed by atoms with Crippen LogP contribution in [0, 0.1) is 17.7 Å². The lowest BCUT2D eigenvalue weighted by atomic mass is 10.1. The van der Waals surface area contributed by atoms with Crippen LogP contribution in [-0.4, -0.2) is 36.9 Å². The van der Waals surface area contributed by atoms with Gasteiger partial charge < -0.3 is 15.2 Å². The third kappa shape index (κ3) is 4.55. The molecule has 1 aliphatic heterocycles. The average Bonchev–Trinajstić information content (AvgIpc) is 2.52. The van der Waals surface area contributed by atoms with Gasteiger partial charge in [0, 0.05) is 18.7 Å². The van der Waals surface area contributed by atoms with Crippen LogP contribution in [0.25, 0.3) is 0 Å². The van der Waals surface area contributed by atoms with E-state index in [0.717, 1.165) is 25.3 Å². The summed E-state index contributed by atoms with van der Waals surface area (Å²) >= 11 is 0. The van der Waals surface area contributed by atoms with Crippen LogP contribution in [0.4, 0.5) is 4.39 Å². The van der Waals surface area contributed by atoms with E-state index in [1.54, 1.807) is 0 Å². The summed E-state index contributed by atoms with van der Waals surface area (Å²) in [7, 11) is 0. The molecule has 1 heterocycles. The number of carbonyl (C=O) groups excluding carboxylic acids is 1. The van der Waals surface area contributed by atoms with Crippen molar-refractivity contribution in [1.29, 1.82) is 0 Å². The molecule has 0 bridgehead atoms. The Morgan fingerprint density at radius 3 is 3.05 bits per heavy atom. The zero-order valence-electron chi connectivity index (χ0n) is 11.7. The fraction of sp³-hybridized carbons (Fsp3) is 0.438. The first kappa shape index (κ1) is 15.5. The molecule has 0 aliphatic carbocycles. The number of amides is 1. The Morgan fingerprint density at radius 2 is 2.33 bits per heavy atom. The van der Waals surface area contributed by atoms with Gasteiger partial charge in [0.2, 0.25) is 0 Å². The number of rotatable bonds is 3. The SMILES string of the molecule is O=C(NCC1CCCCO1)c1cc(F)ccc1C#CCO. The predicted molar refractivity (Wildman–Crippen MR) is 76.3 cm³/mol. The summed E-state index contributed by atoms with van der Waals surface area (Å²) in [5, 5.41) is 11.5. The van der Waals surface area contributed by atoms with Crippen LogP contribution < -0.4 is 5.32 Å². The van der Waals surface area contributed by atoms with E-state index in [4.69, 9.17) is 9.84 Å². The largest absolute Gasteiger partial charge is 0.384 e. The fourth-order valence-corrected chi connectivity index (χ4v) is 2.22. The van der Waals surface area contributed by atoms with Gasteiger partial charge in [0.25, 0.3) is 5.91 Å². The van der Waals surface area contributed by atoms with Crippen LogP contribution in [0.1, 0.15) is 35.2 Å². The third-order valence-electron chi connectivity index (χ3n) is 3.29. The molecule has 2 N–H and O–H groups in total. The number of ether oxygens (including phenoxy) is 1. The van der Waals surface area contributed by atoms with Crippen molar-refractivity contribution in [3.63, 3.8) is 0 Å². The number of carbonyl (C=O) groups is 1. The number of halogens is 1. The minimum atomic E-state index is -0.497. The molecule has 1 aromatic rings. The minimum Gasteiger partial charge on any atom is -0.384 e. The molecule has 0 radical (unpaired) electrons.